The Morgan fingerprint density at radius 2 is 2.60 bits per heavy atom. The van der Waals surface area contributed by atoms with Crippen LogP contribution in [0.15, 0.2) is 6.20 Å². The molecular weight excluding hydrogens is 192 g/mol. The van der Waals surface area contributed by atoms with Gasteiger partial charge < -0.3 is 10.5 Å². The second kappa shape index (κ2) is 4.72. The van der Waals surface area contributed by atoms with E-state index in [-0.39, 0.29) is 6.04 Å². The second-order valence-electron chi connectivity index (χ2n) is 4.11. The molecule has 15 heavy (non-hydrogen) atoms. The quantitative estimate of drug-likeness (QED) is 0.795. The lowest BCUT2D eigenvalue weighted by atomic mass is 10.1. The normalized spacial score (nSPS) is 23.2. The number of nitrogens with two attached hydrogens (primary N) is 1. The Balaban J connectivity index is 1.94. The predicted octanol–water partition coefficient (Wildman–Crippen LogP) is 0.724. The molecule has 2 N–H and O–H groups in total. The van der Waals surface area contributed by atoms with Gasteiger partial charge in [0.1, 0.15) is 0 Å². The van der Waals surface area contributed by atoms with Gasteiger partial charge in [-0.15, -0.1) is 5.10 Å². The first kappa shape index (κ1) is 10.6. The van der Waals surface area contributed by atoms with Crippen molar-refractivity contribution in [3.8, 4) is 0 Å². The van der Waals surface area contributed by atoms with Gasteiger partial charge in [0.25, 0.3) is 0 Å². The third kappa shape index (κ3) is 2.54. The number of ether oxygens (including phenoxy) is 1. The fraction of sp³-hybridized carbons (Fsp3) is 0.800. The number of hydrogen-bond acceptors (Lipinski definition) is 4. The summed E-state index contributed by atoms with van der Waals surface area (Å²) >= 11 is 0. The summed E-state index contributed by atoms with van der Waals surface area (Å²) in [6.45, 7) is 4.66. The zero-order valence-corrected chi connectivity index (χ0v) is 9.09. The van der Waals surface area contributed by atoms with E-state index >= 15 is 0 Å². The zero-order chi connectivity index (χ0) is 10.7. The molecule has 1 fully saturated rings. The van der Waals surface area contributed by atoms with Crippen LogP contribution in [0.3, 0.4) is 0 Å². The summed E-state index contributed by atoms with van der Waals surface area (Å²) in [6, 6.07) is 0.0126. The fourth-order valence-electron chi connectivity index (χ4n) is 1.77. The van der Waals surface area contributed by atoms with E-state index in [1.165, 1.54) is 0 Å². The molecule has 0 spiro atoms. The molecule has 1 aliphatic rings. The summed E-state index contributed by atoms with van der Waals surface area (Å²) in [5.41, 5.74) is 6.76. The first-order chi connectivity index (χ1) is 7.29. The van der Waals surface area contributed by atoms with Crippen LogP contribution >= 0.6 is 0 Å². The van der Waals surface area contributed by atoms with Crippen molar-refractivity contribution >= 4 is 0 Å². The van der Waals surface area contributed by atoms with E-state index in [1.807, 2.05) is 10.9 Å². The highest BCUT2D eigenvalue weighted by Gasteiger charge is 2.17. The van der Waals surface area contributed by atoms with E-state index < -0.39 is 0 Å². The van der Waals surface area contributed by atoms with Crippen molar-refractivity contribution in [2.24, 2.45) is 11.7 Å². The van der Waals surface area contributed by atoms with Crippen molar-refractivity contribution in [2.45, 2.75) is 32.4 Å². The maximum Gasteiger partial charge on any atom is 0.0993 e. The van der Waals surface area contributed by atoms with Crippen LogP contribution in [0.5, 0.6) is 0 Å². The van der Waals surface area contributed by atoms with Crippen LogP contribution in [0.1, 0.15) is 31.5 Å². The summed E-state index contributed by atoms with van der Waals surface area (Å²) in [6.07, 6.45) is 3.97. The topological polar surface area (TPSA) is 66.0 Å². The van der Waals surface area contributed by atoms with Gasteiger partial charge in [-0.05, 0) is 12.8 Å². The van der Waals surface area contributed by atoms with Crippen molar-refractivity contribution in [3.05, 3.63) is 11.9 Å². The Morgan fingerprint density at radius 1 is 1.73 bits per heavy atom. The molecule has 5 nitrogen and oxygen atoms in total. The summed E-state index contributed by atoms with van der Waals surface area (Å²) in [7, 11) is 0. The van der Waals surface area contributed by atoms with Crippen LogP contribution in [0.2, 0.25) is 0 Å². The van der Waals surface area contributed by atoms with E-state index in [2.05, 4.69) is 17.2 Å². The van der Waals surface area contributed by atoms with E-state index in [9.17, 15) is 0 Å². The van der Waals surface area contributed by atoms with Gasteiger partial charge in [0.05, 0.1) is 24.5 Å². The van der Waals surface area contributed by atoms with Gasteiger partial charge in [-0.3, -0.25) is 4.68 Å². The third-order valence-electron chi connectivity index (χ3n) is 2.85. The lowest BCUT2D eigenvalue weighted by Gasteiger charge is -2.06. The monoisotopic (exact) mass is 210 g/mol. The molecule has 2 rings (SSSR count). The van der Waals surface area contributed by atoms with Crippen LogP contribution in [0.4, 0.5) is 0 Å². The van der Waals surface area contributed by atoms with Crippen LogP contribution in [0, 0.1) is 5.92 Å². The van der Waals surface area contributed by atoms with Crippen molar-refractivity contribution < 1.29 is 4.74 Å². The minimum absolute atomic E-state index is 0.0126. The molecular formula is C10H18N4O. The summed E-state index contributed by atoms with van der Waals surface area (Å²) in [4.78, 5) is 0. The van der Waals surface area contributed by atoms with Crippen molar-refractivity contribution in [2.75, 3.05) is 13.2 Å². The Morgan fingerprint density at radius 3 is 3.27 bits per heavy atom. The minimum atomic E-state index is 0.0126. The van der Waals surface area contributed by atoms with Crippen LogP contribution in [-0.4, -0.2) is 28.2 Å². The van der Waals surface area contributed by atoms with Gasteiger partial charge in [-0.1, -0.05) is 12.1 Å². The lowest BCUT2D eigenvalue weighted by molar-refractivity contribution is 0.181. The van der Waals surface area contributed by atoms with E-state index in [1.54, 1.807) is 0 Å². The average molecular weight is 210 g/mol. The molecule has 1 aromatic heterocycles. The summed E-state index contributed by atoms with van der Waals surface area (Å²) in [5, 5.41) is 8.16. The first-order valence-corrected chi connectivity index (χ1v) is 5.53. The molecule has 5 heteroatoms. The molecule has 1 saturated heterocycles. The van der Waals surface area contributed by atoms with Crippen LogP contribution < -0.4 is 5.73 Å². The summed E-state index contributed by atoms with van der Waals surface area (Å²) < 4.78 is 7.20. The SMILES string of the molecule is CCC(N)c1cn(CC2CCOC2)nn1. The smallest absolute Gasteiger partial charge is 0.0993 e. The van der Waals surface area contributed by atoms with Crippen molar-refractivity contribution in [3.63, 3.8) is 0 Å². The zero-order valence-electron chi connectivity index (χ0n) is 9.09. The maximum atomic E-state index is 5.88. The molecule has 0 saturated carbocycles. The fourth-order valence-corrected chi connectivity index (χ4v) is 1.77. The molecule has 84 valence electrons. The molecule has 0 radical (unpaired) electrons. The molecule has 0 amide bonds. The Hall–Kier alpha value is -0.940. The second-order valence-corrected chi connectivity index (χ2v) is 4.11. The highest BCUT2D eigenvalue weighted by Crippen LogP contribution is 2.15. The van der Waals surface area contributed by atoms with Crippen LogP contribution in [-0.2, 0) is 11.3 Å². The molecule has 2 heterocycles. The Kier molecular flexibility index (Phi) is 3.33. The van der Waals surface area contributed by atoms with E-state index in [0.717, 1.165) is 38.3 Å². The van der Waals surface area contributed by atoms with Gasteiger partial charge in [-0.25, -0.2) is 0 Å². The van der Waals surface area contributed by atoms with Gasteiger partial charge in [0.2, 0.25) is 0 Å². The summed E-state index contributed by atoms with van der Waals surface area (Å²) in [5.74, 6) is 0.581. The molecule has 1 aliphatic heterocycles. The Labute approximate surface area is 89.6 Å². The van der Waals surface area contributed by atoms with Gasteiger partial charge >= 0.3 is 0 Å². The first-order valence-electron chi connectivity index (χ1n) is 5.53. The maximum absolute atomic E-state index is 5.88. The minimum Gasteiger partial charge on any atom is -0.381 e. The number of hydrogen-bond donors (Lipinski definition) is 1. The number of rotatable bonds is 4. The Bertz CT molecular complexity index is 306. The molecule has 2 atom stereocenters. The largest absolute Gasteiger partial charge is 0.381 e. The molecule has 0 bridgehead atoms. The molecule has 0 aromatic carbocycles. The molecule has 2 unspecified atom stereocenters. The van der Waals surface area contributed by atoms with Crippen molar-refractivity contribution in [1.82, 2.24) is 15.0 Å². The van der Waals surface area contributed by atoms with Crippen LogP contribution in [0.25, 0.3) is 0 Å². The van der Waals surface area contributed by atoms with Gasteiger partial charge in [-0.2, -0.15) is 0 Å². The highest BCUT2D eigenvalue weighted by atomic mass is 16.5. The highest BCUT2D eigenvalue weighted by molar-refractivity contribution is 4.98. The van der Waals surface area contributed by atoms with Gasteiger partial charge in [0.15, 0.2) is 0 Å². The van der Waals surface area contributed by atoms with Gasteiger partial charge in [0, 0.05) is 19.1 Å². The van der Waals surface area contributed by atoms with E-state index in [4.69, 9.17) is 10.5 Å². The number of aromatic nitrogens is 3. The molecule has 0 aliphatic carbocycles. The standard InChI is InChI=1S/C10H18N4O/c1-2-9(11)10-6-14(13-12-10)5-8-3-4-15-7-8/h6,8-9H,2-5,7,11H2,1H3. The average Bonchev–Trinajstić information content (AvgIpc) is 2.88. The van der Waals surface area contributed by atoms with Crippen molar-refractivity contribution in [1.29, 1.82) is 0 Å². The van der Waals surface area contributed by atoms with E-state index in [0.29, 0.717) is 5.92 Å². The lowest BCUT2D eigenvalue weighted by Crippen LogP contribution is -2.11. The number of nitrogens with zero attached hydrogens (tertiary/aromatic N) is 3. The predicted molar refractivity (Wildman–Crippen MR) is 56.2 cm³/mol. The third-order valence-corrected chi connectivity index (χ3v) is 2.85. The molecule has 1 aromatic rings.